The molecule has 0 spiro atoms. The Morgan fingerprint density at radius 3 is 2.06 bits per heavy atom. The second-order valence-corrected chi connectivity index (χ2v) is 18.1. The average molecular weight is 884 g/mol. The standard InChI is InChI=1S/C48H73N3O12/c1-14-39-47(8,56)44(53)31(5)41(50-49-33(7)35-17-21-37(58-12)22-18-35)28(2)25-48(59-13,27-60-43-38(51(9)10)23-30(4)61-46(43)55)26-29(3)42(32(6)45(54)62-39)63-40(52)24-34-15-19-36(57-11)20-16-34/h15-22,28-32,38-39,42-44,46,53,55-56H,14,23-27H2,1-13H3. The first-order valence-electron chi connectivity index (χ1n) is 22.1. The topological polar surface area (TPSA) is 187 Å². The molecule has 2 aromatic carbocycles. The van der Waals surface area contributed by atoms with Crippen molar-refractivity contribution in [3.8, 4) is 11.5 Å². The number of rotatable bonds is 13. The molecule has 13 atom stereocenters. The highest BCUT2D eigenvalue weighted by molar-refractivity contribution is 5.99. The Bertz CT molecular complexity index is 1840. The minimum Gasteiger partial charge on any atom is -0.497 e. The number of benzene rings is 2. The first-order chi connectivity index (χ1) is 29.7. The van der Waals surface area contributed by atoms with Crippen molar-refractivity contribution in [2.75, 3.05) is 42.0 Å². The maximum atomic E-state index is 14.2. The highest BCUT2D eigenvalue weighted by Gasteiger charge is 2.49. The van der Waals surface area contributed by atoms with E-state index in [4.69, 9.17) is 38.3 Å². The molecule has 0 saturated carbocycles. The normalized spacial score (nSPS) is 34.6. The van der Waals surface area contributed by atoms with Crippen LogP contribution in [0.1, 0.15) is 92.2 Å². The average Bonchev–Trinajstić information content (AvgIpc) is 3.25. The van der Waals surface area contributed by atoms with Gasteiger partial charge in [-0.15, -0.1) is 0 Å². The van der Waals surface area contributed by atoms with Crippen LogP contribution in [-0.4, -0.2) is 140 Å². The molecule has 352 valence electrons. The van der Waals surface area contributed by atoms with E-state index >= 15 is 0 Å². The number of aliphatic hydroxyl groups is 3. The Labute approximate surface area is 374 Å². The summed E-state index contributed by atoms with van der Waals surface area (Å²) in [6.45, 7) is 14.1. The van der Waals surface area contributed by atoms with Crippen LogP contribution in [0.15, 0.2) is 58.7 Å². The van der Waals surface area contributed by atoms with Crippen molar-refractivity contribution in [3.05, 3.63) is 59.7 Å². The summed E-state index contributed by atoms with van der Waals surface area (Å²) in [4.78, 5) is 30.0. The van der Waals surface area contributed by atoms with Gasteiger partial charge in [-0.25, -0.2) is 0 Å². The fraction of sp³-hybridized carbons (Fsp3) is 0.667. The lowest BCUT2D eigenvalue weighted by molar-refractivity contribution is -0.256. The SMILES string of the molecule is CCC1OC(=O)C(C)C(OC(=O)Cc2ccc(OC)cc2)C(C)CC(COC2C(O)OC(C)CC2N(C)C)(OC)CC(C)C(=NN=C(C)c2ccc(OC)cc2)C(C)C(O)C1(C)O. The number of hydrogen-bond donors (Lipinski definition) is 3. The zero-order chi connectivity index (χ0) is 46.8. The van der Waals surface area contributed by atoms with Crippen molar-refractivity contribution >= 4 is 23.4 Å². The molecule has 2 aliphatic rings. The molecule has 13 unspecified atom stereocenters. The number of aliphatic hydroxyl groups excluding tert-OH is 2. The number of hydrogen-bond acceptors (Lipinski definition) is 15. The second kappa shape index (κ2) is 22.8. The molecule has 2 aliphatic heterocycles. The summed E-state index contributed by atoms with van der Waals surface area (Å²) >= 11 is 0. The van der Waals surface area contributed by atoms with Crippen molar-refractivity contribution in [1.29, 1.82) is 0 Å². The molecule has 0 aromatic heterocycles. The van der Waals surface area contributed by atoms with E-state index in [0.717, 1.165) is 5.56 Å². The van der Waals surface area contributed by atoms with E-state index in [-0.39, 0.29) is 44.4 Å². The van der Waals surface area contributed by atoms with E-state index in [9.17, 15) is 24.9 Å². The Morgan fingerprint density at radius 2 is 1.51 bits per heavy atom. The summed E-state index contributed by atoms with van der Waals surface area (Å²) in [7, 11) is 8.59. The summed E-state index contributed by atoms with van der Waals surface area (Å²) in [5.41, 5.74) is -0.560. The quantitative estimate of drug-likeness (QED) is 0.128. The van der Waals surface area contributed by atoms with Gasteiger partial charge < -0.3 is 53.4 Å². The van der Waals surface area contributed by atoms with E-state index < -0.39 is 77.5 Å². The van der Waals surface area contributed by atoms with Crippen LogP contribution in [0.4, 0.5) is 0 Å². The van der Waals surface area contributed by atoms with Gasteiger partial charge in [-0.2, -0.15) is 10.2 Å². The predicted molar refractivity (Wildman–Crippen MR) is 240 cm³/mol. The van der Waals surface area contributed by atoms with Gasteiger partial charge in [0.15, 0.2) is 6.29 Å². The molecule has 0 aliphatic carbocycles. The molecule has 2 saturated heterocycles. The van der Waals surface area contributed by atoms with Gasteiger partial charge in [0.2, 0.25) is 0 Å². The smallest absolute Gasteiger partial charge is 0.312 e. The highest BCUT2D eigenvalue weighted by Crippen LogP contribution is 2.38. The number of cyclic esters (lactones) is 1. The van der Waals surface area contributed by atoms with Gasteiger partial charge in [-0.3, -0.25) is 9.59 Å². The maximum absolute atomic E-state index is 14.2. The molecule has 3 N–H and O–H groups in total. The van der Waals surface area contributed by atoms with Gasteiger partial charge in [-0.05, 0) is 127 Å². The first-order valence-corrected chi connectivity index (χ1v) is 22.1. The lowest BCUT2D eigenvalue weighted by atomic mass is 9.74. The molecule has 2 aromatic rings. The minimum atomic E-state index is -1.95. The number of likely N-dealkylation sites (N-methyl/N-ethyl adjacent to an activating group) is 1. The molecule has 15 nitrogen and oxygen atoms in total. The van der Waals surface area contributed by atoms with Crippen LogP contribution in [0.2, 0.25) is 0 Å². The van der Waals surface area contributed by atoms with Crippen LogP contribution >= 0.6 is 0 Å². The van der Waals surface area contributed by atoms with Crippen molar-refractivity contribution in [2.45, 2.75) is 142 Å². The van der Waals surface area contributed by atoms with Gasteiger partial charge >= 0.3 is 11.9 Å². The van der Waals surface area contributed by atoms with Crippen molar-refractivity contribution < 1.29 is 58.1 Å². The molecule has 0 bridgehead atoms. The maximum Gasteiger partial charge on any atom is 0.312 e. The van der Waals surface area contributed by atoms with Crippen LogP contribution in [0, 0.1) is 23.7 Å². The third-order valence-corrected chi connectivity index (χ3v) is 13.0. The minimum absolute atomic E-state index is 0.0404. The third-order valence-electron chi connectivity index (χ3n) is 13.0. The molecule has 2 heterocycles. The van der Waals surface area contributed by atoms with E-state index in [2.05, 4.69) is 5.10 Å². The molecule has 2 fully saturated rings. The van der Waals surface area contributed by atoms with Crippen molar-refractivity contribution in [1.82, 2.24) is 4.90 Å². The van der Waals surface area contributed by atoms with Gasteiger partial charge in [0.1, 0.15) is 35.4 Å². The fourth-order valence-electron chi connectivity index (χ4n) is 9.11. The third kappa shape index (κ3) is 13.1. The van der Waals surface area contributed by atoms with E-state index in [1.807, 2.05) is 71.0 Å². The number of esters is 2. The van der Waals surface area contributed by atoms with Crippen LogP contribution in [0.5, 0.6) is 11.5 Å². The van der Waals surface area contributed by atoms with Gasteiger partial charge in [0, 0.05) is 24.8 Å². The van der Waals surface area contributed by atoms with Crippen molar-refractivity contribution in [3.63, 3.8) is 0 Å². The fourth-order valence-corrected chi connectivity index (χ4v) is 9.11. The largest absolute Gasteiger partial charge is 0.497 e. The summed E-state index contributed by atoms with van der Waals surface area (Å²) < 4.78 is 42.0. The molecule has 15 heteroatoms. The van der Waals surface area contributed by atoms with E-state index in [1.165, 1.54) is 6.92 Å². The monoisotopic (exact) mass is 884 g/mol. The molecular weight excluding hydrogens is 811 g/mol. The summed E-state index contributed by atoms with van der Waals surface area (Å²) in [6, 6.07) is 14.3. The van der Waals surface area contributed by atoms with Crippen LogP contribution in [-0.2, 0) is 39.7 Å². The number of ether oxygens (including phenoxy) is 7. The van der Waals surface area contributed by atoms with Gasteiger partial charge in [0.25, 0.3) is 0 Å². The number of carbonyl (C=O) groups excluding carboxylic acids is 2. The summed E-state index contributed by atoms with van der Waals surface area (Å²) in [5.74, 6) is -2.75. The molecule has 63 heavy (non-hydrogen) atoms. The second-order valence-electron chi connectivity index (χ2n) is 18.1. The van der Waals surface area contributed by atoms with Gasteiger partial charge in [-0.1, -0.05) is 39.8 Å². The Balaban J connectivity index is 1.85. The molecule has 0 amide bonds. The number of methoxy groups -OCH3 is 3. The number of nitrogens with zero attached hydrogens (tertiary/aromatic N) is 3. The Hall–Kier alpha value is -3.96. The first kappa shape index (κ1) is 51.7. The van der Waals surface area contributed by atoms with Gasteiger partial charge in [0.05, 0.1) is 56.7 Å². The van der Waals surface area contributed by atoms with Crippen LogP contribution in [0.3, 0.4) is 0 Å². The van der Waals surface area contributed by atoms with E-state index in [0.29, 0.717) is 34.9 Å². The van der Waals surface area contributed by atoms with Crippen LogP contribution < -0.4 is 9.47 Å². The highest BCUT2D eigenvalue weighted by atomic mass is 16.6. The molecular formula is C48H73N3O12. The lowest BCUT2D eigenvalue weighted by Crippen LogP contribution is -2.57. The number of carbonyl (C=O) groups is 2. The van der Waals surface area contributed by atoms with E-state index in [1.54, 1.807) is 66.4 Å². The molecule has 0 radical (unpaired) electrons. The Morgan fingerprint density at radius 1 is 0.905 bits per heavy atom. The summed E-state index contributed by atoms with van der Waals surface area (Å²) in [5, 5.41) is 45.0. The zero-order valence-electron chi connectivity index (χ0n) is 39.6. The summed E-state index contributed by atoms with van der Waals surface area (Å²) in [6.07, 6.45) is -4.62. The predicted octanol–water partition coefficient (Wildman–Crippen LogP) is 5.62. The lowest BCUT2D eigenvalue weighted by Gasteiger charge is -2.45. The van der Waals surface area contributed by atoms with Crippen molar-refractivity contribution in [2.24, 2.45) is 33.9 Å². The Kier molecular flexibility index (Phi) is 18.7. The zero-order valence-corrected chi connectivity index (χ0v) is 39.6. The van der Waals surface area contributed by atoms with Crippen LogP contribution in [0.25, 0.3) is 0 Å². The molecule has 4 rings (SSSR count).